The molecule has 0 radical (unpaired) electrons. The monoisotopic (exact) mass is 589 g/mol. The third kappa shape index (κ3) is 8.51. The van der Waals surface area contributed by atoms with Crippen molar-refractivity contribution in [3.63, 3.8) is 0 Å². The Hall–Kier alpha value is -4.51. The van der Waals surface area contributed by atoms with Crippen molar-refractivity contribution in [3.8, 4) is 11.1 Å². The number of rotatable bonds is 5. The van der Waals surface area contributed by atoms with Crippen LogP contribution < -0.4 is 21.1 Å². The number of amides is 1. The zero-order chi connectivity index (χ0) is 31.6. The number of aromatic nitrogens is 4. The van der Waals surface area contributed by atoms with Gasteiger partial charge in [0.1, 0.15) is 11.2 Å². The number of nitrogens with zero attached hydrogens (tertiary/aromatic N) is 5. The SMILES string of the molecule is CC.CC.Cn1c(=O)c(-c2ccccc2)cc2cnc(Nc3cnc(N4CCOCC4)c(NC(=O)OC(C)(C)C)c3)nc21. The molecule has 5 rings (SSSR count). The minimum Gasteiger partial charge on any atom is -0.444 e. The first-order valence-electron chi connectivity index (χ1n) is 14.7. The summed E-state index contributed by atoms with van der Waals surface area (Å²) in [6.45, 7) is 15.9. The molecule has 1 fully saturated rings. The number of ether oxygens (including phenoxy) is 2. The number of hydrogen-bond donors (Lipinski definition) is 2. The summed E-state index contributed by atoms with van der Waals surface area (Å²) >= 11 is 0. The van der Waals surface area contributed by atoms with E-state index in [1.807, 2.05) is 62.9 Å². The van der Waals surface area contributed by atoms with Gasteiger partial charge in [0.05, 0.1) is 30.8 Å². The Morgan fingerprint density at radius 2 is 1.65 bits per heavy atom. The number of aryl methyl sites for hydroxylation is 1. The van der Waals surface area contributed by atoms with E-state index in [2.05, 4.69) is 25.6 Å². The van der Waals surface area contributed by atoms with Crippen molar-refractivity contribution in [1.29, 1.82) is 0 Å². The summed E-state index contributed by atoms with van der Waals surface area (Å²) in [6, 6.07) is 13.1. The number of pyridine rings is 2. The fraction of sp³-hybridized carbons (Fsp3) is 0.406. The maximum absolute atomic E-state index is 13.1. The first-order valence-corrected chi connectivity index (χ1v) is 14.7. The first-order chi connectivity index (χ1) is 20.7. The van der Waals surface area contributed by atoms with Crippen LogP contribution >= 0.6 is 0 Å². The van der Waals surface area contributed by atoms with Crippen LogP contribution in [0.1, 0.15) is 48.5 Å². The van der Waals surface area contributed by atoms with Crippen molar-refractivity contribution >= 4 is 40.3 Å². The number of nitrogens with one attached hydrogen (secondary N) is 2. The van der Waals surface area contributed by atoms with E-state index < -0.39 is 11.7 Å². The predicted octanol–water partition coefficient (Wildman–Crippen LogP) is 6.37. The molecule has 11 nitrogen and oxygen atoms in total. The third-order valence-corrected chi connectivity index (χ3v) is 6.10. The molecule has 0 spiro atoms. The minimum absolute atomic E-state index is 0.154. The summed E-state index contributed by atoms with van der Waals surface area (Å²) in [4.78, 5) is 41.4. The molecule has 11 heteroatoms. The van der Waals surface area contributed by atoms with Crippen LogP contribution in [0.2, 0.25) is 0 Å². The highest BCUT2D eigenvalue weighted by Gasteiger charge is 2.22. The number of fused-ring (bicyclic) bond motifs is 1. The fourth-order valence-electron chi connectivity index (χ4n) is 4.32. The largest absolute Gasteiger partial charge is 0.444 e. The first kappa shape index (κ1) is 33.0. The number of anilines is 4. The van der Waals surface area contributed by atoms with Gasteiger partial charge in [0.15, 0.2) is 5.82 Å². The Morgan fingerprint density at radius 1 is 0.977 bits per heavy atom. The van der Waals surface area contributed by atoms with E-state index >= 15 is 0 Å². The lowest BCUT2D eigenvalue weighted by Gasteiger charge is -2.30. The van der Waals surface area contributed by atoms with Crippen LogP contribution in [0.3, 0.4) is 0 Å². The molecule has 2 N–H and O–H groups in total. The fourth-order valence-corrected chi connectivity index (χ4v) is 4.32. The van der Waals surface area contributed by atoms with Crippen molar-refractivity contribution in [2.75, 3.05) is 41.8 Å². The molecule has 4 heterocycles. The predicted molar refractivity (Wildman–Crippen MR) is 173 cm³/mol. The van der Waals surface area contributed by atoms with Crippen LogP contribution in [0.15, 0.2) is 59.7 Å². The Balaban J connectivity index is 0.00000121. The molecule has 3 aromatic heterocycles. The smallest absolute Gasteiger partial charge is 0.412 e. The summed E-state index contributed by atoms with van der Waals surface area (Å²) in [5.74, 6) is 0.902. The van der Waals surface area contributed by atoms with E-state index in [-0.39, 0.29) is 11.5 Å². The number of carbonyl (C=O) groups is 1. The van der Waals surface area contributed by atoms with Crippen LogP contribution in [0, 0.1) is 0 Å². The minimum atomic E-state index is -0.651. The van der Waals surface area contributed by atoms with Gasteiger partial charge < -0.3 is 19.7 Å². The molecule has 0 aliphatic carbocycles. The van der Waals surface area contributed by atoms with E-state index in [0.717, 1.165) is 10.9 Å². The normalized spacial score (nSPS) is 12.8. The van der Waals surface area contributed by atoms with Gasteiger partial charge in [-0.25, -0.2) is 14.8 Å². The lowest BCUT2D eigenvalue weighted by molar-refractivity contribution is 0.0636. The lowest BCUT2D eigenvalue weighted by atomic mass is 10.1. The Kier molecular flexibility index (Phi) is 11.6. The molecule has 0 atom stereocenters. The van der Waals surface area contributed by atoms with Crippen molar-refractivity contribution in [2.45, 2.75) is 54.1 Å². The van der Waals surface area contributed by atoms with E-state index in [0.29, 0.717) is 54.7 Å². The summed E-state index contributed by atoms with van der Waals surface area (Å²) in [5.41, 5.74) is 2.14. The molecule has 1 aromatic carbocycles. The number of carbonyl (C=O) groups excluding carboxylic acids is 1. The van der Waals surface area contributed by atoms with Crippen molar-refractivity contribution in [2.24, 2.45) is 7.05 Å². The van der Waals surface area contributed by atoms with Crippen molar-refractivity contribution in [1.82, 2.24) is 19.5 Å². The Labute approximate surface area is 253 Å². The molecule has 1 aliphatic rings. The van der Waals surface area contributed by atoms with Gasteiger partial charge in [-0.1, -0.05) is 58.0 Å². The number of morpholine rings is 1. The molecule has 0 unspecified atom stereocenters. The maximum atomic E-state index is 13.1. The summed E-state index contributed by atoms with van der Waals surface area (Å²) in [5, 5.41) is 6.70. The van der Waals surface area contributed by atoms with E-state index in [9.17, 15) is 9.59 Å². The van der Waals surface area contributed by atoms with Gasteiger partial charge in [-0.3, -0.25) is 14.7 Å². The topological polar surface area (TPSA) is 124 Å². The standard InChI is InChI=1S/C28H31N7O4.2C2H6/c1-28(2,3)39-27(37)32-22-15-20(17-29-24(22)35-10-12-38-13-11-35)31-26-30-16-19-14-21(18-8-6-5-7-9-18)25(36)34(4)23(19)33-26;2*1-2/h5-9,14-17H,10-13H2,1-4H3,(H,32,37)(H,30,31,33);2*1-2H3. The average molecular weight is 590 g/mol. The van der Waals surface area contributed by atoms with Gasteiger partial charge in [-0.2, -0.15) is 4.98 Å². The molecular formula is C32H43N7O4. The molecule has 1 saturated heterocycles. The van der Waals surface area contributed by atoms with Gasteiger partial charge in [-0.15, -0.1) is 0 Å². The lowest BCUT2D eigenvalue weighted by Crippen LogP contribution is -2.37. The van der Waals surface area contributed by atoms with Crippen LogP contribution in [0.5, 0.6) is 0 Å². The van der Waals surface area contributed by atoms with Crippen LogP contribution in [-0.2, 0) is 16.5 Å². The molecule has 0 bridgehead atoms. The second kappa shape index (κ2) is 15.1. The van der Waals surface area contributed by atoms with Gasteiger partial charge in [0.25, 0.3) is 5.56 Å². The van der Waals surface area contributed by atoms with Crippen LogP contribution in [0.4, 0.5) is 27.9 Å². The number of benzene rings is 1. The Bertz CT molecular complexity index is 1560. The zero-order valence-electron chi connectivity index (χ0n) is 26.4. The van der Waals surface area contributed by atoms with Gasteiger partial charge in [0.2, 0.25) is 5.95 Å². The van der Waals surface area contributed by atoms with Gasteiger partial charge in [-0.05, 0) is 38.5 Å². The highest BCUT2D eigenvalue weighted by molar-refractivity contribution is 5.90. The highest BCUT2D eigenvalue weighted by Crippen LogP contribution is 2.29. The van der Waals surface area contributed by atoms with E-state index in [4.69, 9.17) is 9.47 Å². The average Bonchev–Trinajstić information content (AvgIpc) is 3.01. The molecule has 1 aliphatic heterocycles. The van der Waals surface area contributed by atoms with Crippen LogP contribution in [0.25, 0.3) is 22.2 Å². The molecular weight excluding hydrogens is 546 g/mol. The van der Waals surface area contributed by atoms with E-state index in [1.54, 1.807) is 52.3 Å². The molecule has 1 amide bonds. The second-order valence-electron chi connectivity index (χ2n) is 10.2. The number of hydrogen-bond acceptors (Lipinski definition) is 9. The zero-order valence-corrected chi connectivity index (χ0v) is 26.4. The third-order valence-electron chi connectivity index (χ3n) is 6.10. The summed E-state index contributed by atoms with van der Waals surface area (Å²) in [7, 11) is 1.69. The Morgan fingerprint density at radius 3 is 2.30 bits per heavy atom. The maximum Gasteiger partial charge on any atom is 0.412 e. The molecule has 43 heavy (non-hydrogen) atoms. The van der Waals surface area contributed by atoms with Crippen molar-refractivity contribution < 1.29 is 14.3 Å². The molecule has 230 valence electrons. The van der Waals surface area contributed by atoms with Gasteiger partial charge in [0, 0.05) is 37.3 Å². The highest BCUT2D eigenvalue weighted by atomic mass is 16.6. The quantitative estimate of drug-likeness (QED) is 0.273. The molecule has 4 aromatic rings. The summed E-state index contributed by atoms with van der Waals surface area (Å²) < 4.78 is 12.4. The van der Waals surface area contributed by atoms with Gasteiger partial charge >= 0.3 is 6.09 Å². The van der Waals surface area contributed by atoms with Crippen molar-refractivity contribution in [3.05, 3.63) is 65.2 Å². The second-order valence-corrected chi connectivity index (χ2v) is 10.2. The molecule has 0 saturated carbocycles. The van der Waals surface area contributed by atoms with E-state index in [1.165, 1.54) is 4.57 Å². The summed E-state index contributed by atoms with van der Waals surface area (Å²) in [6.07, 6.45) is 2.74. The van der Waals surface area contributed by atoms with Crippen LogP contribution in [-0.4, -0.2) is 57.5 Å².